The first-order chi connectivity index (χ1) is 23.7. The van der Waals surface area contributed by atoms with E-state index in [0.717, 1.165) is 12.4 Å². The van der Waals surface area contributed by atoms with Gasteiger partial charge in [0, 0.05) is 11.3 Å². The number of hydrogen-bond donors (Lipinski definition) is 3. The quantitative estimate of drug-likeness (QED) is 0.0798. The van der Waals surface area contributed by atoms with E-state index in [2.05, 4.69) is 69.8 Å². The number of para-hydroxylation sites is 1. The van der Waals surface area contributed by atoms with E-state index in [4.69, 9.17) is 30.9 Å². The SMILES string of the molecule is CC1(C)c2ccccc2[Si]1(OCCOCC(Oc1ncnc(Nc2ccccc2Cl)c1C=N)C(=O)Nc1ccc(F)cn1)c1ccccc1. The monoisotopic (exact) mass is 696 g/mol. The second-order valence-electron chi connectivity index (χ2n) is 11.8. The van der Waals surface area contributed by atoms with Crippen molar-refractivity contribution in [3.8, 4) is 5.88 Å². The first kappa shape index (κ1) is 33.9. The maximum atomic E-state index is 13.5. The number of pyridine rings is 1. The summed E-state index contributed by atoms with van der Waals surface area (Å²) < 4.78 is 32.4. The number of hydrogen-bond acceptors (Lipinski definition) is 9. The highest BCUT2D eigenvalue weighted by Gasteiger charge is 2.62. The molecular formula is C36H34ClFN6O4Si. The molecule has 2 aromatic heterocycles. The van der Waals surface area contributed by atoms with Crippen LogP contribution >= 0.6 is 11.6 Å². The Labute approximate surface area is 289 Å². The number of benzene rings is 3. The van der Waals surface area contributed by atoms with Crippen LogP contribution in [0.3, 0.4) is 0 Å². The number of ether oxygens (including phenoxy) is 2. The Morgan fingerprint density at radius 3 is 2.49 bits per heavy atom. The van der Waals surface area contributed by atoms with Crippen LogP contribution in [0.25, 0.3) is 0 Å². The van der Waals surface area contributed by atoms with Gasteiger partial charge in [0.25, 0.3) is 14.2 Å². The normalized spacial score (nSPS) is 16.5. The predicted octanol–water partition coefficient (Wildman–Crippen LogP) is 5.41. The molecule has 5 aromatic rings. The number of carbonyl (C=O) groups is 1. The van der Waals surface area contributed by atoms with Gasteiger partial charge in [-0.3, -0.25) is 4.79 Å². The summed E-state index contributed by atoms with van der Waals surface area (Å²) in [5, 5.41) is 16.5. The molecule has 0 saturated carbocycles. The van der Waals surface area contributed by atoms with Crippen molar-refractivity contribution in [1.82, 2.24) is 15.0 Å². The van der Waals surface area contributed by atoms with Crippen molar-refractivity contribution in [1.29, 1.82) is 5.41 Å². The van der Waals surface area contributed by atoms with Gasteiger partial charge in [-0.2, -0.15) is 0 Å². The molecule has 3 heterocycles. The second-order valence-corrected chi connectivity index (χ2v) is 16.2. The number of halogens is 2. The van der Waals surface area contributed by atoms with Crippen molar-refractivity contribution < 1.29 is 23.1 Å². The lowest BCUT2D eigenvalue weighted by Crippen LogP contribution is -2.81. The Kier molecular flexibility index (Phi) is 10.1. The van der Waals surface area contributed by atoms with Crippen LogP contribution < -0.4 is 25.7 Å². The third-order valence-corrected chi connectivity index (χ3v) is 13.8. The van der Waals surface area contributed by atoms with Crippen molar-refractivity contribution in [2.24, 2.45) is 0 Å². The molecule has 2 unspecified atom stereocenters. The lowest BCUT2D eigenvalue weighted by Gasteiger charge is -2.55. The van der Waals surface area contributed by atoms with Crippen LogP contribution in [-0.2, 0) is 19.0 Å². The van der Waals surface area contributed by atoms with E-state index in [9.17, 15) is 9.18 Å². The van der Waals surface area contributed by atoms with Crippen LogP contribution in [0.2, 0.25) is 5.02 Å². The first-order valence-corrected chi connectivity index (χ1v) is 17.9. The van der Waals surface area contributed by atoms with Gasteiger partial charge < -0.3 is 29.9 Å². The van der Waals surface area contributed by atoms with Crippen molar-refractivity contribution in [3.63, 3.8) is 0 Å². The lowest BCUT2D eigenvalue weighted by molar-refractivity contribution is -0.125. The zero-order valence-electron chi connectivity index (χ0n) is 26.8. The summed E-state index contributed by atoms with van der Waals surface area (Å²) in [5.74, 6) is -0.810. The summed E-state index contributed by atoms with van der Waals surface area (Å²) in [4.78, 5) is 25.9. The van der Waals surface area contributed by atoms with Crippen LogP contribution in [0.15, 0.2) is 104 Å². The number of rotatable bonds is 14. The lowest BCUT2D eigenvalue weighted by atomic mass is 10.0. The maximum absolute atomic E-state index is 13.5. The Morgan fingerprint density at radius 1 is 0.980 bits per heavy atom. The van der Waals surface area contributed by atoms with Gasteiger partial charge in [0.15, 0.2) is 0 Å². The highest BCUT2D eigenvalue weighted by molar-refractivity contribution is 7.03. The largest absolute Gasteiger partial charge is 0.461 e. The van der Waals surface area contributed by atoms with E-state index in [1.165, 1.54) is 34.4 Å². The molecule has 0 bridgehead atoms. The molecule has 2 atom stereocenters. The standard InChI is InChI=1S/C36H34ClFN6O4Si/c1-36(2)27-12-6-9-15-31(27)49(36,25-10-4-3-5-11-25)47-19-18-46-22-30(34(45)44-32-17-16-24(38)21-40-32)48-35-26(20-39)33(41-23-42-35)43-29-14-8-7-13-28(29)37/h3-17,20-21,23,30,39H,18-19,22H2,1-2H3,(H,40,44,45)(H,41,42,43). The third kappa shape index (κ3) is 6.81. The molecule has 0 radical (unpaired) electrons. The number of nitrogens with zero attached hydrogens (tertiary/aromatic N) is 3. The van der Waals surface area contributed by atoms with E-state index in [0.29, 0.717) is 10.7 Å². The fourth-order valence-corrected chi connectivity index (χ4v) is 11.3. The van der Waals surface area contributed by atoms with E-state index in [1.54, 1.807) is 24.3 Å². The first-order valence-electron chi connectivity index (χ1n) is 15.6. The van der Waals surface area contributed by atoms with Gasteiger partial charge >= 0.3 is 0 Å². The molecule has 1 aliphatic heterocycles. The minimum Gasteiger partial charge on any atom is -0.461 e. The molecule has 3 aromatic carbocycles. The molecule has 3 N–H and O–H groups in total. The van der Waals surface area contributed by atoms with Crippen LogP contribution in [0.5, 0.6) is 5.88 Å². The van der Waals surface area contributed by atoms with Gasteiger partial charge in [0.05, 0.1) is 42.3 Å². The Morgan fingerprint density at radius 2 is 1.73 bits per heavy atom. The van der Waals surface area contributed by atoms with Gasteiger partial charge in [-0.25, -0.2) is 19.3 Å². The van der Waals surface area contributed by atoms with E-state index >= 15 is 0 Å². The Hall–Kier alpha value is -5.01. The number of carbonyl (C=O) groups excluding carboxylic acids is 1. The molecule has 0 saturated heterocycles. The molecule has 6 rings (SSSR count). The highest BCUT2D eigenvalue weighted by atomic mass is 35.5. The van der Waals surface area contributed by atoms with Gasteiger partial charge in [0.1, 0.15) is 23.8 Å². The molecule has 0 aliphatic carbocycles. The van der Waals surface area contributed by atoms with E-state index < -0.39 is 26.1 Å². The smallest absolute Gasteiger partial charge is 0.269 e. The van der Waals surface area contributed by atoms with Crippen molar-refractivity contribution in [3.05, 3.63) is 125 Å². The van der Waals surface area contributed by atoms with E-state index in [1.807, 2.05) is 24.3 Å². The van der Waals surface area contributed by atoms with E-state index in [-0.39, 0.29) is 47.9 Å². The number of aromatic nitrogens is 3. The minimum absolute atomic E-state index is 0.0325. The molecule has 1 amide bonds. The fraction of sp³-hybridized carbons (Fsp3) is 0.194. The van der Waals surface area contributed by atoms with Crippen molar-refractivity contribution in [2.45, 2.75) is 25.0 Å². The molecule has 13 heteroatoms. The molecule has 10 nitrogen and oxygen atoms in total. The summed E-state index contributed by atoms with van der Waals surface area (Å²) in [6.07, 6.45) is 2.02. The van der Waals surface area contributed by atoms with Crippen molar-refractivity contribution >= 4 is 59.7 Å². The topological polar surface area (TPSA) is 131 Å². The van der Waals surface area contributed by atoms with Crippen LogP contribution in [0.4, 0.5) is 21.7 Å². The van der Waals surface area contributed by atoms with Gasteiger partial charge in [-0.15, -0.1) is 0 Å². The molecule has 250 valence electrons. The minimum atomic E-state index is -2.63. The number of fused-ring (bicyclic) bond motifs is 1. The number of nitrogens with one attached hydrogen (secondary N) is 3. The van der Waals surface area contributed by atoms with Crippen LogP contribution in [0, 0.1) is 11.2 Å². The number of anilines is 3. The maximum Gasteiger partial charge on any atom is 0.269 e. The third-order valence-electron chi connectivity index (χ3n) is 8.50. The van der Waals surface area contributed by atoms with Crippen LogP contribution in [-0.4, -0.2) is 61.3 Å². The Bertz CT molecular complexity index is 1950. The zero-order chi connectivity index (χ0) is 34.4. The summed E-state index contributed by atoms with van der Waals surface area (Å²) in [6, 6.07) is 28.3. The molecule has 0 spiro atoms. The molecule has 49 heavy (non-hydrogen) atoms. The molecule has 0 fully saturated rings. The predicted molar refractivity (Wildman–Crippen MR) is 190 cm³/mol. The molecular weight excluding hydrogens is 663 g/mol. The number of amides is 1. The van der Waals surface area contributed by atoms with Gasteiger partial charge in [-0.05, 0) is 40.2 Å². The summed E-state index contributed by atoms with van der Waals surface area (Å²) in [6.45, 7) is 4.71. The average Bonchev–Trinajstić information content (AvgIpc) is 3.11. The summed E-state index contributed by atoms with van der Waals surface area (Å²) in [5.41, 5.74) is 2.03. The molecule has 1 aliphatic rings. The summed E-state index contributed by atoms with van der Waals surface area (Å²) >= 11 is 6.32. The Balaban J connectivity index is 1.19. The van der Waals surface area contributed by atoms with Crippen molar-refractivity contribution in [2.75, 3.05) is 30.5 Å². The average molecular weight is 697 g/mol. The van der Waals surface area contributed by atoms with Gasteiger partial charge in [0.2, 0.25) is 12.0 Å². The van der Waals surface area contributed by atoms with Gasteiger partial charge in [-0.1, -0.05) is 92.2 Å². The zero-order valence-corrected chi connectivity index (χ0v) is 28.6. The highest BCUT2D eigenvalue weighted by Crippen LogP contribution is 2.42. The second kappa shape index (κ2) is 14.6. The van der Waals surface area contributed by atoms with Crippen LogP contribution in [0.1, 0.15) is 25.0 Å². The fourth-order valence-electron chi connectivity index (χ4n) is 6.12. The summed E-state index contributed by atoms with van der Waals surface area (Å²) in [7, 11) is -2.63.